The number of nitrogens with zero attached hydrogens (tertiary/aromatic N) is 6. The van der Waals surface area contributed by atoms with Gasteiger partial charge in [0.1, 0.15) is 5.82 Å². The van der Waals surface area contributed by atoms with Crippen LogP contribution >= 0.6 is 0 Å². The molecule has 0 amide bonds. The third kappa shape index (κ3) is 4.12. The first-order chi connectivity index (χ1) is 19.0. The van der Waals surface area contributed by atoms with Crippen LogP contribution in [0.3, 0.4) is 0 Å². The molecule has 2 aliphatic carbocycles. The van der Waals surface area contributed by atoms with Gasteiger partial charge in [-0.3, -0.25) is 4.98 Å². The van der Waals surface area contributed by atoms with E-state index in [0.717, 1.165) is 39.4 Å². The Bertz CT molecular complexity index is 1650. The third-order valence-electron chi connectivity index (χ3n) is 9.39. The Kier molecular flexibility index (Phi) is 6.88. The van der Waals surface area contributed by atoms with Crippen molar-refractivity contribution < 1.29 is 21.1 Å². The van der Waals surface area contributed by atoms with Crippen molar-refractivity contribution in [2.45, 2.75) is 51.5 Å². The van der Waals surface area contributed by atoms with E-state index in [1.54, 1.807) is 0 Å². The summed E-state index contributed by atoms with van der Waals surface area (Å²) < 4.78 is 0. The Morgan fingerprint density at radius 2 is 1.75 bits per heavy atom. The molecule has 0 N–H and O–H groups in total. The second-order valence-corrected chi connectivity index (χ2v) is 11.6. The van der Waals surface area contributed by atoms with E-state index in [-0.39, 0.29) is 31.9 Å². The normalized spacial score (nSPS) is 20.3. The molecule has 2 aromatic carbocycles. The van der Waals surface area contributed by atoms with Gasteiger partial charge >= 0.3 is 21.1 Å². The second kappa shape index (κ2) is 10.2. The first-order valence-electron chi connectivity index (χ1n) is 13.8. The van der Waals surface area contributed by atoms with E-state index in [0.29, 0.717) is 19.1 Å². The summed E-state index contributed by atoms with van der Waals surface area (Å²) in [5.74, 6) is 1.30. The predicted molar refractivity (Wildman–Crippen MR) is 156 cm³/mol. The number of anilines is 2. The van der Waals surface area contributed by atoms with Gasteiger partial charge in [-0.2, -0.15) is 0 Å². The minimum absolute atomic E-state index is 0. The van der Waals surface area contributed by atoms with E-state index in [4.69, 9.17) is 20.5 Å². The van der Waals surface area contributed by atoms with Crippen molar-refractivity contribution in [3.8, 4) is 11.4 Å². The number of benzene rings is 2. The summed E-state index contributed by atoms with van der Waals surface area (Å²) in [6.07, 6.45) is 4.16. The Balaban J connectivity index is 0.00000289. The first kappa shape index (κ1) is 26.9. The fourth-order valence-electron chi connectivity index (χ4n) is 6.82. The number of hydrogen-bond donors (Lipinski definition) is 0. The molecule has 0 saturated heterocycles. The van der Waals surface area contributed by atoms with Crippen LogP contribution in [0.1, 0.15) is 56.5 Å². The SMILES string of the molecule is CC12CCC(c3c1n[n-]c3-c1nc(N(C[N-]Cc3ccccn3)c3ccccc3)cc3ccccc13)C2(C)C.[Pt+2]. The topological polar surface area (TPSA) is 70.1 Å². The summed E-state index contributed by atoms with van der Waals surface area (Å²) in [7, 11) is 0. The summed E-state index contributed by atoms with van der Waals surface area (Å²) in [5.41, 5.74) is 6.57. The molecule has 2 unspecified atom stereocenters. The predicted octanol–water partition coefficient (Wildman–Crippen LogP) is 7.49. The molecule has 0 radical (unpaired) electrons. The quantitative estimate of drug-likeness (QED) is 0.175. The van der Waals surface area contributed by atoms with Crippen molar-refractivity contribution in [3.63, 3.8) is 0 Å². The van der Waals surface area contributed by atoms with E-state index in [1.807, 2.05) is 30.5 Å². The standard InChI is InChI=1S/C33H32N6.Pt/c1-32(2)26-16-17-33(32,3)31-28(26)30(37-38-31)29-25-15-8-7-11-22(25)19-27(36-29)39(24-13-5-4-6-14-24)21-34-20-23-12-9-10-18-35-23;/h4-15,18-19,26H,16-17,20-21H2,1-3H3;/q-2;+2. The molecule has 204 valence electrons. The van der Waals surface area contributed by atoms with Gasteiger partial charge in [0.15, 0.2) is 0 Å². The van der Waals surface area contributed by atoms with Crippen molar-refractivity contribution in [2.75, 3.05) is 11.6 Å². The van der Waals surface area contributed by atoms with Gasteiger partial charge in [0.25, 0.3) is 0 Å². The number of rotatable bonds is 7. The zero-order valence-corrected chi connectivity index (χ0v) is 25.3. The average Bonchev–Trinajstić information content (AvgIpc) is 3.55. The van der Waals surface area contributed by atoms with Crippen LogP contribution in [0.15, 0.2) is 85.1 Å². The van der Waals surface area contributed by atoms with Gasteiger partial charge in [0.2, 0.25) is 0 Å². The van der Waals surface area contributed by atoms with Crippen LogP contribution in [0.2, 0.25) is 0 Å². The Morgan fingerprint density at radius 1 is 0.975 bits per heavy atom. The van der Waals surface area contributed by atoms with Crippen LogP contribution < -0.4 is 10.00 Å². The van der Waals surface area contributed by atoms with Crippen LogP contribution in [0.5, 0.6) is 0 Å². The number of pyridine rings is 2. The number of para-hydroxylation sites is 1. The van der Waals surface area contributed by atoms with E-state index in [1.165, 1.54) is 24.1 Å². The molecule has 2 aliphatic rings. The van der Waals surface area contributed by atoms with Gasteiger partial charge in [0.05, 0.1) is 5.69 Å². The molecule has 3 heterocycles. The third-order valence-corrected chi connectivity index (χ3v) is 9.39. The molecule has 1 saturated carbocycles. The molecule has 2 bridgehead atoms. The molecule has 0 spiro atoms. The maximum atomic E-state index is 5.33. The zero-order valence-electron chi connectivity index (χ0n) is 23.0. The van der Waals surface area contributed by atoms with E-state index < -0.39 is 0 Å². The number of hydrogen-bond acceptors (Lipinski definition) is 4. The zero-order chi connectivity index (χ0) is 26.6. The van der Waals surface area contributed by atoms with Crippen molar-refractivity contribution >= 4 is 22.3 Å². The van der Waals surface area contributed by atoms with Crippen LogP contribution in [-0.2, 0) is 33.0 Å². The van der Waals surface area contributed by atoms with Crippen LogP contribution in [-0.4, -0.2) is 21.7 Å². The van der Waals surface area contributed by atoms with Crippen LogP contribution in [0, 0.1) is 5.41 Å². The van der Waals surface area contributed by atoms with Crippen LogP contribution in [0.25, 0.3) is 27.5 Å². The molecule has 7 heteroatoms. The van der Waals surface area contributed by atoms with Crippen molar-refractivity contribution in [1.82, 2.24) is 20.2 Å². The van der Waals surface area contributed by atoms with Crippen molar-refractivity contribution in [3.05, 3.63) is 107 Å². The fourth-order valence-corrected chi connectivity index (χ4v) is 6.82. The first-order valence-corrected chi connectivity index (χ1v) is 13.8. The van der Waals surface area contributed by atoms with Gasteiger partial charge in [-0.1, -0.05) is 81.7 Å². The smallest absolute Gasteiger partial charge is 0.640 e. The van der Waals surface area contributed by atoms with Gasteiger partial charge in [-0.25, -0.2) is 4.98 Å². The van der Waals surface area contributed by atoms with E-state index in [2.05, 4.69) is 85.3 Å². The molecule has 7 rings (SSSR count). The molecule has 0 aliphatic heterocycles. The molecular formula is C33H32N6Pt. The van der Waals surface area contributed by atoms with Crippen molar-refractivity contribution in [1.29, 1.82) is 0 Å². The van der Waals surface area contributed by atoms with Gasteiger partial charge < -0.3 is 20.4 Å². The fraction of sp³-hybridized carbons (Fsp3) is 0.303. The summed E-state index contributed by atoms with van der Waals surface area (Å²) in [6.45, 7) is 8.18. The molecule has 5 aromatic rings. The number of fused-ring (bicyclic) bond motifs is 6. The minimum Gasteiger partial charge on any atom is -0.640 e. The summed E-state index contributed by atoms with van der Waals surface area (Å²) in [4.78, 5) is 11.9. The number of aromatic nitrogens is 4. The Morgan fingerprint density at radius 3 is 2.55 bits per heavy atom. The van der Waals surface area contributed by atoms with Gasteiger partial charge in [-0.15, -0.1) is 6.54 Å². The molecular weight excluding hydrogens is 675 g/mol. The monoisotopic (exact) mass is 707 g/mol. The summed E-state index contributed by atoms with van der Waals surface area (Å²) >= 11 is 0. The molecule has 3 aromatic heterocycles. The Labute approximate surface area is 249 Å². The van der Waals surface area contributed by atoms with E-state index >= 15 is 0 Å². The molecule has 40 heavy (non-hydrogen) atoms. The maximum absolute atomic E-state index is 5.33. The largest absolute Gasteiger partial charge is 2.00 e. The minimum atomic E-state index is 0. The Hall–Kier alpha value is -3.34. The average molecular weight is 708 g/mol. The summed E-state index contributed by atoms with van der Waals surface area (Å²) in [5, 5.41) is 16.8. The van der Waals surface area contributed by atoms with Crippen molar-refractivity contribution in [2.24, 2.45) is 5.41 Å². The van der Waals surface area contributed by atoms with Gasteiger partial charge in [0, 0.05) is 34.1 Å². The van der Waals surface area contributed by atoms with Gasteiger partial charge in [-0.05, 0) is 65.5 Å². The van der Waals surface area contributed by atoms with Crippen LogP contribution in [0.4, 0.5) is 11.5 Å². The van der Waals surface area contributed by atoms with E-state index in [9.17, 15) is 0 Å². The molecule has 1 fully saturated rings. The molecule has 2 atom stereocenters. The maximum Gasteiger partial charge on any atom is 2.00 e. The second-order valence-electron chi connectivity index (χ2n) is 11.6. The molecule has 6 nitrogen and oxygen atoms in total. The summed E-state index contributed by atoms with van der Waals surface area (Å²) in [6, 6.07) is 26.9.